The quantitative estimate of drug-likeness (QED) is 0.827. The van der Waals surface area contributed by atoms with Crippen molar-refractivity contribution in [3.05, 3.63) is 45.9 Å². The van der Waals surface area contributed by atoms with Crippen molar-refractivity contribution >= 4 is 0 Å². The van der Waals surface area contributed by atoms with Crippen molar-refractivity contribution in [3.63, 3.8) is 0 Å². The molecule has 2 N–H and O–H groups in total. The summed E-state index contributed by atoms with van der Waals surface area (Å²) < 4.78 is 5.17. The Balaban J connectivity index is 2.12. The molecule has 5 heteroatoms. The number of nitrogens with zero attached hydrogens (tertiary/aromatic N) is 1. The maximum Gasteiger partial charge on any atom is 0.255 e. The Hall–Kier alpha value is -2.14. The Labute approximate surface area is 104 Å². The van der Waals surface area contributed by atoms with Gasteiger partial charge in [-0.05, 0) is 12.1 Å². The van der Waals surface area contributed by atoms with Crippen molar-refractivity contribution in [3.8, 4) is 17.1 Å². The molecule has 92 valence electrons. The summed E-state index contributed by atoms with van der Waals surface area (Å²) >= 11 is 0. The Bertz CT molecular complexity index is 649. The normalized spacial score (nSPS) is 13.4. The minimum atomic E-state index is -0.0668. The number of aromatic nitrogens is 2. The summed E-state index contributed by atoms with van der Waals surface area (Å²) in [6.07, 6.45) is 0. The molecule has 1 aliphatic rings. The van der Waals surface area contributed by atoms with Crippen LogP contribution in [-0.4, -0.2) is 17.1 Å². The SMILES string of the molecule is COc1cccc(-c2nc3c(c(=O)[nH]2)CNC3)c1. The lowest BCUT2D eigenvalue weighted by Gasteiger charge is -2.05. The molecule has 1 aromatic heterocycles. The van der Waals surface area contributed by atoms with E-state index in [9.17, 15) is 4.79 Å². The van der Waals surface area contributed by atoms with Crippen LogP contribution in [0.25, 0.3) is 11.4 Å². The van der Waals surface area contributed by atoms with Crippen LogP contribution in [0.5, 0.6) is 5.75 Å². The number of H-pyrrole nitrogens is 1. The third-order valence-electron chi connectivity index (χ3n) is 3.04. The molecule has 0 atom stereocenters. The first kappa shape index (κ1) is 11.0. The summed E-state index contributed by atoms with van der Waals surface area (Å²) in [5.74, 6) is 1.33. The van der Waals surface area contributed by atoms with Gasteiger partial charge in [0.05, 0.1) is 18.4 Å². The van der Waals surface area contributed by atoms with Crippen molar-refractivity contribution in [1.29, 1.82) is 0 Å². The monoisotopic (exact) mass is 243 g/mol. The van der Waals surface area contributed by atoms with Gasteiger partial charge in [-0.2, -0.15) is 0 Å². The zero-order valence-corrected chi connectivity index (χ0v) is 9.99. The highest BCUT2D eigenvalue weighted by Gasteiger charge is 2.17. The van der Waals surface area contributed by atoms with Gasteiger partial charge >= 0.3 is 0 Å². The lowest BCUT2D eigenvalue weighted by Crippen LogP contribution is -2.15. The van der Waals surface area contributed by atoms with Gasteiger partial charge in [-0.3, -0.25) is 4.79 Å². The molecule has 0 aliphatic carbocycles. The van der Waals surface area contributed by atoms with Crippen molar-refractivity contribution in [2.75, 3.05) is 7.11 Å². The summed E-state index contributed by atoms with van der Waals surface area (Å²) in [5, 5.41) is 3.12. The number of benzene rings is 1. The van der Waals surface area contributed by atoms with E-state index in [1.807, 2.05) is 24.3 Å². The third kappa shape index (κ3) is 1.78. The van der Waals surface area contributed by atoms with Crippen LogP contribution in [0.3, 0.4) is 0 Å². The highest BCUT2D eigenvalue weighted by Crippen LogP contribution is 2.21. The molecular weight excluding hydrogens is 230 g/mol. The Morgan fingerprint density at radius 1 is 1.33 bits per heavy atom. The molecule has 1 aromatic carbocycles. The standard InChI is InChI=1S/C13H13N3O2/c1-18-9-4-2-3-8(5-9)12-15-11-7-14-6-10(11)13(17)16-12/h2-5,14H,6-7H2,1H3,(H,15,16,17). The number of methoxy groups -OCH3 is 1. The van der Waals surface area contributed by atoms with E-state index in [4.69, 9.17) is 4.74 Å². The second kappa shape index (κ2) is 4.27. The molecule has 5 nitrogen and oxygen atoms in total. The van der Waals surface area contributed by atoms with Crippen LogP contribution < -0.4 is 15.6 Å². The zero-order chi connectivity index (χ0) is 12.5. The van der Waals surface area contributed by atoms with E-state index < -0.39 is 0 Å². The molecule has 0 saturated carbocycles. The zero-order valence-electron chi connectivity index (χ0n) is 9.99. The molecule has 2 aromatic rings. The van der Waals surface area contributed by atoms with Crippen LogP contribution in [0.1, 0.15) is 11.3 Å². The van der Waals surface area contributed by atoms with E-state index >= 15 is 0 Å². The van der Waals surface area contributed by atoms with Crippen LogP contribution in [0.15, 0.2) is 29.1 Å². The lowest BCUT2D eigenvalue weighted by molar-refractivity contribution is 0.415. The fourth-order valence-electron chi connectivity index (χ4n) is 2.09. The fraction of sp³-hybridized carbons (Fsp3) is 0.231. The fourth-order valence-corrected chi connectivity index (χ4v) is 2.09. The Morgan fingerprint density at radius 3 is 3.06 bits per heavy atom. The van der Waals surface area contributed by atoms with Gasteiger partial charge in [0, 0.05) is 18.7 Å². The number of fused-ring (bicyclic) bond motifs is 1. The molecule has 0 radical (unpaired) electrons. The molecule has 18 heavy (non-hydrogen) atoms. The van der Waals surface area contributed by atoms with Gasteiger partial charge in [0.2, 0.25) is 0 Å². The summed E-state index contributed by atoms with van der Waals surface area (Å²) in [4.78, 5) is 19.2. The highest BCUT2D eigenvalue weighted by molar-refractivity contribution is 5.57. The number of hydrogen-bond donors (Lipinski definition) is 2. The second-order valence-electron chi connectivity index (χ2n) is 4.18. The number of hydrogen-bond acceptors (Lipinski definition) is 4. The van der Waals surface area contributed by atoms with Gasteiger partial charge in [-0.15, -0.1) is 0 Å². The van der Waals surface area contributed by atoms with Crippen LogP contribution in [0.2, 0.25) is 0 Å². The highest BCUT2D eigenvalue weighted by atomic mass is 16.5. The molecule has 0 unspecified atom stereocenters. The number of rotatable bonds is 2. The summed E-state index contributed by atoms with van der Waals surface area (Å²) in [6, 6.07) is 7.48. The van der Waals surface area contributed by atoms with Gasteiger partial charge in [-0.1, -0.05) is 12.1 Å². The van der Waals surface area contributed by atoms with Crippen molar-refractivity contribution in [1.82, 2.24) is 15.3 Å². The predicted molar refractivity (Wildman–Crippen MR) is 67.4 cm³/mol. The largest absolute Gasteiger partial charge is 0.497 e. The smallest absolute Gasteiger partial charge is 0.255 e. The topological polar surface area (TPSA) is 67.0 Å². The van der Waals surface area contributed by atoms with E-state index in [2.05, 4.69) is 15.3 Å². The van der Waals surface area contributed by atoms with Crippen LogP contribution in [0, 0.1) is 0 Å². The molecule has 0 amide bonds. The maximum atomic E-state index is 11.9. The number of nitrogens with one attached hydrogen (secondary N) is 2. The molecule has 0 spiro atoms. The summed E-state index contributed by atoms with van der Waals surface area (Å²) in [6.45, 7) is 1.24. The molecule has 3 rings (SSSR count). The molecule has 1 aliphatic heterocycles. The van der Waals surface area contributed by atoms with Crippen LogP contribution >= 0.6 is 0 Å². The van der Waals surface area contributed by atoms with Gasteiger partial charge in [0.1, 0.15) is 11.6 Å². The van der Waals surface area contributed by atoms with E-state index in [-0.39, 0.29) is 5.56 Å². The summed E-state index contributed by atoms with van der Waals surface area (Å²) in [7, 11) is 1.61. The van der Waals surface area contributed by atoms with Gasteiger partial charge < -0.3 is 15.0 Å². The number of aromatic amines is 1. The molecular formula is C13H13N3O2. The average Bonchev–Trinajstić information content (AvgIpc) is 2.87. The average molecular weight is 243 g/mol. The first-order chi connectivity index (χ1) is 8.78. The minimum Gasteiger partial charge on any atom is -0.497 e. The molecule has 0 fully saturated rings. The van der Waals surface area contributed by atoms with Crippen LogP contribution in [0.4, 0.5) is 0 Å². The number of ether oxygens (including phenoxy) is 1. The molecule has 2 heterocycles. The van der Waals surface area contributed by atoms with Crippen molar-refractivity contribution in [2.45, 2.75) is 13.1 Å². The van der Waals surface area contributed by atoms with Crippen molar-refractivity contribution in [2.24, 2.45) is 0 Å². The first-order valence-electron chi connectivity index (χ1n) is 5.75. The lowest BCUT2D eigenvalue weighted by atomic mass is 10.2. The van der Waals surface area contributed by atoms with Gasteiger partial charge in [0.25, 0.3) is 5.56 Å². The summed E-state index contributed by atoms with van der Waals surface area (Å²) in [5.41, 5.74) is 2.35. The Morgan fingerprint density at radius 2 is 2.22 bits per heavy atom. The van der Waals surface area contributed by atoms with Crippen molar-refractivity contribution < 1.29 is 4.74 Å². The molecule has 0 saturated heterocycles. The maximum absolute atomic E-state index is 11.9. The second-order valence-corrected chi connectivity index (χ2v) is 4.18. The predicted octanol–water partition coefficient (Wildman–Crippen LogP) is 1.05. The van der Waals surface area contributed by atoms with Crippen LogP contribution in [-0.2, 0) is 13.1 Å². The minimum absolute atomic E-state index is 0.0668. The van der Waals surface area contributed by atoms with E-state index in [0.717, 1.165) is 22.6 Å². The molecule has 0 bridgehead atoms. The first-order valence-corrected chi connectivity index (χ1v) is 5.75. The van der Waals surface area contributed by atoms with E-state index in [0.29, 0.717) is 18.9 Å². The van der Waals surface area contributed by atoms with Gasteiger partial charge in [0.15, 0.2) is 0 Å². The van der Waals surface area contributed by atoms with E-state index in [1.165, 1.54) is 0 Å². The third-order valence-corrected chi connectivity index (χ3v) is 3.04. The van der Waals surface area contributed by atoms with Gasteiger partial charge in [-0.25, -0.2) is 4.98 Å². The Kier molecular flexibility index (Phi) is 2.60. The van der Waals surface area contributed by atoms with E-state index in [1.54, 1.807) is 7.11 Å².